The van der Waals surface area contributed by atoms with Gasteiger partial charge < -0.3 is 9.32 Å². The average molecular weight is 742 g/mol. The summed E-state index contributed by atoms with van der Waals surface area (Å²) in [7, 11) is 0. The summed E-state index contributed by atoms with van der Waals surface area (Å²) in [5, 5.41) is 1.10. The van der Waals surface area contributed by atoms with Gasteiger partial charge in [-0.1, -0.05) is 194 Å². The van der Waals surface area contributed by atoms with Crippen molar-refractivity contribution in [3.05, 3.63) is 237 Å². The standard InChI is InChI=1S/C56H39NO/c1-4-17-40(18-5-1)41-31-35-46(36-32-41)57(48-24-16-23-45(39-48)56-55(44-21-8-3-9-22-44)53-29-14-15-30-54(53)58-56)47-37-33-43(34-38-47)50-26-11-13-28-52(50)51-27-12-10-25-49(51)42-19-6-2-7-20-42/h1-39H. The van der Waals surface area contributed by atoms with E-state index in [1.165, 1.54) is 38.9 Å². The van der Waals surface area contributed by atoms with Crippen molar-refractivity contribution in [2.75, 3.05) is 4.90 Å². The van der Waals surface area contributed by atoms with Gasteiger partial charge in [0.05, 0.1) is 0 Å². The molecule has 0 aliphatic rings. The SMILES string of the molecule is c1ccc(-c2ccc(N(c3ccc(-c4ccccc4-c4ccccc4-c4ccccc4)cc3)c3cccc(-c4oc5ccccc5c4-c4ccccc4)c3)cc2)cc1. The van der Waals surface area contributed by atoms with Gasteiger partial charge in [-0.3, -0.25) is 0 Å². The van der Waals surface area contributed by atoms with Crippen LogP contribution in [0.15, 0.2) is 241 Å². The van der Waals surface area contributed by atoms with Crippen LogP contribution in [0.5, 0.6) is 0 Å². The molecule has 0 saturated carbocycles. The maximum atomic E-state index is 6.68. The minimum Gasteiger partial charge on any atom is -0.455 e. The lowest BCUT2D eigenvalue weighted by Gasteiger charge is -2.26. The van der Waals surface area contributed by atoms with Crippen molar-refractivity contribution in [1.82, 2.24) is 0 Å². The van der Waals surface area contributed by atoms with Crippen molar-refractivity contribution >= 4 is 28.0 Å². The number of benzene rings is 9. The fourth-order valence-electron chi connectivity index (χ4n) is 8.15. The Balaban J connectivity index is 1.08. The molecular formula is C56H39NO. The van der Waals surface area contributed by atoms with E-state index in [0.717, 1.165) is 56.0 Å². The maximum absolute atomic E-state index is 6.68. The third kappa shape index (κ3) is 6.67. The lowest BCUT2D eigenvalue weighted by molar-refractivity contribution is 0.632. The molecule has 0 unspecified atom stereocenters. The van der Waals surface area contributed by atoms with Crippen LogP contribution in [0.1, 0.15) is 0 Å². The van der Waals surface area contributed by atoms with Crippen molar-refractivity contribution < 1.29 is 4.42 Å². The molecule has 0 aliphatic heterocycles. The normalized spacial score (nSPS) is 11.1. The Hall–Kier alpha value is -7.68. The fourth-order valence-corrected chi connectivity index (χ4v) is 8.15. The molecule has 274 valence electrons. The van der Waals surface area contributed by atoms with Gasteiger partial charge in [0, 0.05) is 33.6 Å². The number of para-hydroxylation sites is 1. The first-order chi connectivity index (χ1) is 28.8. The van der Waals surface area contributed by atoms with Crippen LogP contribution < -0.4 is 4.90 Å². The number of hydrogen-bond acceptors (Lipinski definition) is 2. The zero-order valence-corrected chi connectivity index (χ0v) is 31.9. The minimum absolute atomic E-state index is 0.858. The molecule has 0 radical (unpaired) electrons. The number of furan rings is 1. The summed E-state index contributed by atoms with van der Waals surface area (Å²) < 4.78 is 6.68. The number of anilines is 3. The molecule has 2 nitrogen and oxygen atoms in total. The van der Waals surface area contributed by atoms with E-state index in [2.05, 4.69) is 235 Å². The second-order valence-corrected chi connectivity index (χ2v) is 14.5. The molecule has 1 heterocycles. The van der Waals surface area contributed by atoms with Gasteiger partial charge in [-0.25, -0.2) is 0 Å². The highest BCUT2D eigenvalue weighted by Gasteiger charge is 2.20. The van der Waals surface area contributed by atoms with Crippen molar-refractivity contribution in [3.8, 4) is 67.0 Å². The van der Waals surface area contributed by atoms with E-state index in [-0.39, 0.29) is 0 Å². The van der Waals surface area contributed by atoms with Crippen LogP contribution in [-0.4, -0.2) is 0 Å². The molecule has 0 spiro atoms. The first-order valence-corrected chi connectivity index (χ1v) is 19.8. The Labute approximate surface area is 339 Å². The Morgan fingerprint density at radius 3 is 1.31 bits per heavy atom. The number of fused-ring (bicyclic) bond motifs is 1. The number of hydrogen-bond donors (Lipinski definition) is 0. The third-order valence-electron chi connectivity index (χ3n) is 10.9. The molecule has 10 aromatic rings. The highest BCUT2D eigenvalue weighted by Crippen LogP contribution is 2.44. The molecule has 0 aliphatic carbocycles. The lowest BCUT2D eigenvalue weighted by Crippen LogP contribution is -2.10. The summed E-state index contributed by atoms with van der Waals surface area (Å²) >= 11 is 0. The summed E-state index contributed by atoms with van der Waals surface area (Å²) in [6.45, 7) is 0. The topological polar surface area (TPSA) is 16.4 Å². The molecule has 0 fully saturated rings. The molecule has 0 bridgehead atoms. The quantitative estimate of drug-likeness (QED) is 0.146. The predicted octanol–water partition coefficient (Wildman–Crippen LogP) is 15.9. The highest BCUT2D eigenvalue weighted by atomic mass is 16.3. The van der Waals surface area contributed by atoms with Gasteiger partial charge in [0.15, 0.2) is 0 Å². The van der Waals surface area contributed by atoms with Crippen molar-refractivity contribution in [1.29, 1.82) is 0 Å². The van der Waals surface area contributed by atoms with E-state index in [0.29, 0.717) is 0 Å². The molecule has 0 atom stereocenters. The van der Waals surface area contributed by atoms with Crippen LogP contribution in [-0.2, 0) is 0 Å². The summed E-state index contributed by atoms with van der Waals surface area (Å²) in [4.78, 5) is 2.34. The van der Waals surface area contributed by atoms with Crippen LogP contribution in [0.25, 0.3) is 77.9 Å². The molecule has 0 saturated heterocycles. The van der Waals surface area contributed by atoms with Gasteiger partial charge in [-0.05, 0) is 92.5 Å². The first kappa shape index (κ1) is 34.8. The van der Waals surface area contributed by atoms with Crippen LogP contribution >= 0.6 is 0 Å². The number of rotatable bonds is 9. The van der Waals surface area contributed by atoms with Crippen molar-refractivity contribution in [2.45, 2.75) is 0 Å². The van der Waals surface area contributed by atoms with Crippen LogP contribution in [0.3, 0.4) is 0 Å². The van der Waals surface area contributed by atoms with Gasteiger partial charge in [0.2, 0.25) is 0 Å². The van der Waals surface area contributed by atoms with E-state index >= 15 is 0 Å². The molecule has 1 aromatic heterocycles. The second-order valence-electron chi connectivity index (χ2n) is 14.5. The summed E-state index contributed by atoms with van der Waals surface area (Å²) in [6.07, 6.45) is 0. The van der Waals surface area contributed by atoms with Crippen LogP contribution in [0, 0.1) is 0 Å². The molecule has 10 rings (SSSR count). The molecule has 0 amide bonds. The zero-order valence-electron chi connectivity index (χ0n) is 31.9. The van der Waals surface area contributed by atoms with Crippen molar-refractivity contribution in [2.24, 2.45) is 0 Å². The van der Waals surface area contributed by atoms with Crippen LogP contribution in [0.4, 0.5) is 17.1 Å². The minimum atomic E-state index is 0.858. The smallest absolute Gasteiger partial charge is 0.143 e. The molecule has 2 heteroatoms. The third-order valence-corrected chi connectivity index (χ3v) is 10.9. The Kier molecular flexibility index (Phi) is 9.27. The first-order valence-electron chi connectivity index (χ1n) is 19.8. The summed E-state index contributed by atoms with van der Waals surface area (Å²) in [5.74, 6) is 0.858. The van der Waals surface area contributed by atoms with E-state index in [4.69, 9.17) is 4.42 Å². The molecule has 58 heavy (non-hydrogen) atoms. The van der Waals surface area contributed by atoms with Crippen molar-refractivity contribution in [3.63, 3.8) is 0 Å². The predicted molar refractivity (Wildman–Crippen MR) is 244 cm³/mol. The van der Waals surface area contributed by atoms with E-state index in [1.54, 1.807) is 0 Å². The Bertz CT molecular complexity index is 2970. The molecule has 9 aromatic carbocycles. The highest BCUT2D eigenvalue weighted by molar-refractivity contribution is 6.02. The largest absolute Gasteiger partial charge is 0.455 e. The average Bonchev–Trinajstić information content (AvgIpc) is 3.71. The summed E-state index contributed by atoms with van der Waals surface area (Å²) in [6, 6.07) is 84.0. The Morgan fingerprint density at radius 1 is 0.276 bits per heavy atom. The number of nitrogens with zero attached hydrogens (tertiary/aromatic N) is 1. The zero-order chi connectivity index (χ0) is 38.7. The van der Waals surface area contributed by atoms with E-state index < -0.39 is 0 Å². The van der Waals surface area contributed by atoms with E-state index in [1.807, 2.05) is 6.07 Å². The maximum Gasteiger partial charge on any atom is 0.143 e. The van der Waals surface area contributed by atoms with Gasteiger partial charge in [-0.15, -0.1) is 0 Å². The fraction of sp³-hybridized carbons (Fsp3) is 0. The van der Waals surface area contributed by atoms with E-state index in [9.17, 15) is 0 Å². The Morgan fingerprint density at radius 2 is 0.707 bits per heavy atom. The summed E-state index contributed by atoms with van der Waals surface area (Å²) in [5.41, 5.74) is 16.8. The van der Waals surface area contributed by atoms with Crippen LogP contribution in [0.2, 0.25) is 0 Å². The second kappa shape index (κ2) is 15.5. The molecule has 0 N–H and O–H groups in total. The van der Waals surface area contributed by atoms with Gasteiger partial charge >= 0.3 is 0 Å². The van der Waals surface area contributed by atoms with Gasteiger partial charge in [-0.2, -0.15) is 0 Å². The molecular weight excluding hydrogens is 703 g/mol. The van der Waals surface area contributed by atoms with Gasteiger partial charge in [0.1, 0.15) is 11.3 Å². The lowest BCUT2D eigenvalue weighted by atomic mass is 9.89. The monoisotopic (exact) mass is 741 g/mol. The van der Waals surface area contributed by atoms with Gasteiger partial charge in [0.25, 0.3) is 0 Å².